The topological polar surface area (TPSA) is 340 Å². The number of carbonyl (C=O) groups excluding carboxylic acids is 6. The van der Waals surface area contributed by atoms with Crippen LogP contribution in [-0.2, 0) is 28.7 Å². The van der Waals surface area contributed by atoms with E-state index in [0.29, 0.717) is 122 Å². The van der Waals surface area contributed by atoms with E-state index in [1.54, 1.807) is 50.4 Å². The third-order valence-corrected chi connectivity index (χ3v) is 16.1. The summed E-state index contributed by atoms with van der Waals surface area (Å²) < 4.78 is 33.4. The number of phenolic OH excluding ortho intramolecular Hbond substituents is 2. The summed E-state index contributed by atoms with van der Waals surface area (Å²) in [7, 11) is 3.02. The minimum absolute atomic E-state index is 0. The maximum absolute atomic E-state index is 11.6. The zero-order chi connectivity index (χ0) is 63.1. The number of halogens is 1. The van der Waals surface area contributed by atoms with Crippen LogP contribution in [0.1, 0.15) is 164 Å². The summed E-state index contributed by atoms with van der Waals surface area (Å²) in [5.41, 5.74) is 2.68. The molecule has 0 atom stereocenters. The van der Waals surface area contributed by atoms with Crippen molar-refractivity contribution in [3.05, 3.63) is 101 Å². The van der Waals surface area contributed by atoms with Gasteiger partial charge in [-0.2, -0.15) is 0 Å². The molecule has 8 rings (SSSR count). The van der Waals surface area contributed by atoms with Crippen LogP contribution in [0.2, 0.25) is 0 Å². The third-order valence-electron chi connectivity index (χ3n) is 16.1. The van der Waals surface area contributed by atoms with Gasteiger partial charge in [-0.1, -0.05) is 6.07 Å². The molecule has 0 aromatic heterocycles. The summed E-state index contributed by atoms with van der Waals surface area (Å²) in [6.45, 7) is 6.77. The maximum atomic E-state index is 11.6. The van der Waals surface area contributed by atoms with Gasteiger partial charge < -0.3 is 59.4 Å². The zero-order valence-corrected chi connectivity index (χ0v) is 55.4. The molecule has 21 nitrogen and oxygen atoms in total. The van der Waals surface area contributed by atoms with Crippen LogP contribution in [0.25, 0.3) is 0 Å². The number of carbonyl (C=O) groups is 9. The Morgan fingerprint density at radius 2 is 0.809 bits per heavy atom. The molecular weight excluding hydrogens is 1230 g/mol. The number of methoxy groups -OCH3 is 2. The van der Waals surface area contributed by atoms with Crippen molar-refractivity contribution >= 4 is 71.8 Å². The number of carboxylic acid groups (broad SMARTS) is 3. The Kier molecular flexibility index (Phi) is 38.7. The molecule has 23 heteroatoms. The van der Waals surface area contributed by atoms with Gasteiger partial charge in [-0.3, -0.25) is 43.2 Å². The third kappa shape index (κ3) is 28.7. The Morgan fingerprint density at radius 1 is 0.461 bits per heavy atom. The van der Waals surface area contributed by atoms with Crippen molar-refractivity contribution in [2.24, 2.45) is 47.3 Å². The number of ketones is 1. The predicted molar refractivity (Wildman–Crippen MR) is 329 cm³/mol. The zero-order valence-electron chi connectivity index (χ0n) is 51.7. The van der Waals surface area contributed by atoms with E-state index in [1.807, 2.05) is 25.1 Å². The molecule has 4 aliphatic rings. The molecule has 0 spiro atoms. The van der Waals surface area contributed by atoms with Gasteiger partial charge in [-0.15, -0.1) is 17.0 Å². The van der Waals surface area contributed by atoms with Crippen LogP contribution in [0, 0.1) is 54.3 Å². The van der Waals surface area contributed by atoms with Crippen LogP contribution < -0.4 is 53.2 Å². The molecule has 0 amide bonds. The molecule has 6 N–H and O–H groups in total. The first-order valence-electron chi connectivity index (χ1n) is 29.2. The summed E-state index contributed by atoms with van der Waals surface area (Å²) in [6.07, 6.45) is 16.3. The van der Waals surface area contributed by atoms with Crippen molar-refractivity contribution < 1.29 is 132 Å². The molecule has 4 aliphatic carbocycles. The number of ether oxygens (including phenoxy) is 6. The number of carboxylic acids is 3. The number of aryl methyl sites for hydroxylation is 1. The number of esters is 1. The number of aldehydes is 4. The van der Waals surface area contributed by atoms with Crippen molar-refractivity contribution in [2.75, 3.05) is 40.6 Å². The molecule has 0 bridgehead atoms. The van der Waals surface area contributed by atoms with E-state index in [2.05, 4.69) is 0 Å². The first-order valence-corrected chi connectivity index (χ1v) is 29.2. The van der Waals surface area contributed by atoms with Gasteiger partial charge in [-0.25, -0.2) is 0 Å². The summed E-state index contributed by atoms with van der Waals surface area (Å²) >= 11 is 0. The molecule has 0 unspecified atom stereocenters. The molecule has 0 radical (unpaired) electrons. The number of hydrogen-bond acceptors (Lipinski definition) is 18. The number of benzene rings is 4. The van der Waals surface area contributed by atoms with Gasteiger partial charge >= 0.3 is 47.5 Å². The first-order chi connectivity index (χ1) is 41.2. The second-order valence-corrected chi connectivity index (χ2v) is 22.3. The van der Waals surface area contributed by atoms with E-state index in [9.17, 15) is 38.4 Å². The van der Waals surface area contributed by atoms with Crippen molar-refractivity contribution in [1.29, 1.82) is 0 Å². The van der Waals surface area contributed by atoms with Crippen molar-refractivity contribution in [2.45, 2.75) is 124 Å². The van der Waals surface area contributed by atoms with Crippen molar-refractivity contribution in [1.82, 2.24) is 0 Å². The normalized spacial score (nSPS) is 20.5. The molecule has 4 aromatic rings. The minimum atomic E-state index is -0.833. The Labute approximate surface area is 552 Å². The van der Waals surface area contributed by atoms with Gasteiger partial charge in [0.1, 0.15) is 52.3 Å². The van der Waals surface area contributed by atoms with Crippen LogP contribution in [0.15, 0.2) is 72.8 Å². The van der Waals surface area contributed by atoms with Crippen LogP contribution in [0.3, 0.4) is 0 Å². The molecule has 4 fully saturated rings. The fraction of sp³-hybridized carbons (Fsp3) is 0.500. The van der Waals surface area contributed by atoms with E-state index in [1.165, 1.54) is 25.3 Å². The first kappa shape index (κ1) is 80.2. The van der Waals surface area contributed by atoms with E-state index >= 15 is 0 Å². The molecular formula is C66H86BrNaO21. The Bertz CT molecular complexity index is 2840. The Hall–Kier alpha value is -6.85. The van der Waals surface area contributed by atoms with E-state index in [0.717, 1.165) is 114 Å². The summed E-state index contributed by atoms with van der Waals surface area (Å²) in [5, 5.41) is 43.3. The molecule has 4 saturated carbocycles. The largest absolute Gasteiger partial charge is 1.00 e. The number of hydrogen-bond donors (Lipinski definition) is 5. The molecule has 484 valence electrons. The van der Waals surface area contributed by atoms with Gasteiger partial charge in [0.05, 0.1) is 75.1 Å². The van der Waals surface area contributed by atoms with Gasteiger partial charge in [0.25, 0.3) is 5.97 Å². The fourth-order valence-electron chi connectivity index (χ4n) is 10.7. The number of Topliss-reactive ketones (excluding diaryl/α,β-unsaturated/α-hetero) is 1. The van der Waals surface area contributed by atoms with Crippen LogP contribution in [0.4, 0.5) is 0 Å². The van der Waals surface area contributed by atoms with Crippen molar-refractivity contribution in [3.8, 4) is 40.2 Å². The van der Waals surface area contributed by atoms with E-state index in [4.69, 9.17) is 58.7 Å². The monoisotopic (exact) mass is 1320 g/mol. The average molecular weight is 1320 g/mol. The maximum Gasteiger partial charge on any atom is 1.00 e. The molecule has 0 aliphatic heterocycles. The predicted octanol–water partition coefficient (Wildman–Crippen LogP) is 8.89. The van der Waals surface area contributed by atoms with Crippen molar-refractivity contribution in [3.63, 3.8) is 0 Å². The smallest absolute Gasteiger partial charge is 0.870 e. The summed E-state index contributed by atoms with van der Waals surface area (Å²) in [4.78, 5) is 97.8. The average Bonchev–Trinajstić information content (AvgIpc) is 3.52. The quantitative estimate of drug-likeness (QED) is 0.0225. The summed E-state index contributed by atoms with van der Waals surface area (Å²) in [6, 6.07) is 19.8. The number of aliphatic carboxylic acids is 3. The number of aromatic hydroxyl groups is 2. The van der Waals surface area contributed by atoms with Gasteiger partial charge in [-0.05, 0) is 213 Å². The Balaban J connectivity index is 0.000000629. The second kappa shape index (κ2) is 43.0. The molecule has 0 saturated heterocycles. The summed E-state index contributed by atoms with van der Waals surface area (Å²) in [5.74, 6) is 2.03. The number of rotatable bonds is 21. The van der Waals surface area contributed by atoms with Gasteiger partial charge in [0.2, 0.25) is 0 Å². The molecule has 4 aromatic carbocycles. The van der Waals surface area contributed by atoms with E-state index < -0.39 is 17.9 Å². The minimum Gasteiger partial charge on any atom is -0.870 e. The van der Waals surface area contributed by atoms with Crippen LogP contribution in [-0.4, -0.2) is 126 Å². The SMILES string of the molecule is Br.CC(=O)O.COC(=O)C1CCC(COc2ccc(OCC3CCC(C(C)=O)CC3)c(C=O)c2)CC1.COc1ccc(C)c(C=O)c1.O=Cc1cc(O)ccc1O.O=Cc1cc(OCC2CCC(C(=O)O)CC2)ccc1OCC1CCC(C(=O)O)CC1.[Na+].[OH-]. The fourth-order valence-corrected chi connectivity index (χ4v) is 10.7. The van der Waals surface area contributed by atoms with Gasteiger partial charge in [0, 0.05) is 18.4 Å². The van der Waals surface area contributed by atoms with Crippen LogP contribution in [0.5, 0.6) is 40.2 Å². The van der Waals surface area contributed by atoms with Gasteiger partial charge in [0.15, 0.2) is 18.9 Å². The second-order valence-electron chi connectivity index (χ2n) is 22.3. The molecule has 89 heavy (non-hydrogen) atoms. The number of phenols is 2. The molecule has 0 heterocycles. The standard InChI is InChI=1S/C25H34O6.C23H30O7.C9H10O2.C7H6O3.C2H4O2.BrH.Na.H2O/c1-17(27)20-7-3-19(4-8-20)16-31-24-12-11-23(13-22(24)14-26)30-15-18-5-9-21(10-6-18)25(28)29-2;24-12-19-11-20(29-13-15-1-5-17(6-2-15)22(25)26)9-10-21(19)30-14-16-3-7-18(8-4-16)23(27)28;1-7-3-4-9(11-2)5-8(7)6-10;8-4-5-3-6(9)1-2-7(5)10;1-2(3)4;;;/h11-14,18-21H,3-10,15-16H2,1-2H3;9-12,15-18H,1-8,13-14H2,(H,25,26)(H,27,28);3-6H,1-2H3;1-4,9-10H;1H3,(H,3,4);1H;;1H2/q;;;;;;+1;/p-1. The Morgan fingerprint density at radius 3 is 1.15 bits per heavy atom. The van der Waals surface area contributed by atoms with Crippen LogP contribution >= 0.6 is 17.0 Å². The van der Waals surface area contributed by atoms with E-state index in [-0.39, 0.29) is 105 Å².